The van der Waals surface area contributed by atoms with E-state index < -0.39 is 0 Å². The third kappa shape index (κ3) is 3.62. The van der Waals surface area contributed by atoms with E-state index in [1.165, 1.54) is 5.56 Å². The van der Waals surface area contributed by atoms with Crippen LogP contribution in [0.4, 0.5) is 0 Å². The van der Waals surface area contributed by atoms with Gasteiger partial charge in [0, 0.05) is 50.9 Å². The molecule has 2 aliphatic rings. The number of halogens is 1. The SMILES string of the molecule is Cc1ccc(C(=O)N2CCC(N3CCNCC3)C2)c(C)c1.Cl. The number of nitrogens with one attached hydrogen (secondary N) is 1. The molecule has 1 aromatic rings. The lowest BCUT2D eigenvalue weighted by Crippen LogP contribution is -2.49. The van der Waals surface area contributed by atoms with Gasteiger partial charge in [0.25, 0.3) is 5.91 Å². The number of aryl methyl sites for hydroxylation is 2. The molecule has 0 radical (unpaired) electrons. The summed E-state index contributed by atoms with van der Waals surface area (Å²) in [4.78, 5) is 17.3. The lowest BCUT2D eigenvalue weighted by Gasteiger charge is -2.32. The van der Waals surface area contributed by atoms with Crippen molar-refractivity contribution in [1.82, 2.24) is 15.1 Å². The second-order valence-electron chi connectivity index (χ2n) is 6.30. The minimum atomic E-state index is 0. The van der Waals surface area contributed by atoms with E-state index in [0.29, 0.717) is 6.04 Å². The van der Waals surface area contributed by atoms with Gasteiger partial charge in [-0.1, -0.05) is 17.7 Å². The Labute approximate surface area is 139 Å². The second kappa shape index (κ2) is 7.44. The molecule has 0 aromatic heterocycles. The molecule has 0 aliphatic carbocycles. The van der Waals surface area contributed by atoms with Crippen molar-refractivity contribution in [2.75, 3.05) is 39.3 Å². The Morgan fingerprint density at radius 2 is 1.91 bits per heavy atom. The van der Waals surface area contributed by atoms with Gasteiger partial charge in [0.05, 0.1) is 0 Å². The molecule has 1 aromatic carbocycles. The van der Waals surface area contributed by atoms with Gasteiger partial charge in [-0.3, -0.25) is 9.69 Å². The number of benzene rings is 1. The number of hydrogen-bond donors (Lipinski definition) is 1. The van der Waals surface area contributed by atoms with E-state index in [0.717, 1.165) is 56.8 Å². The predicted molar refractivity (Wildman–Crippen MR) is 91.9 cm³/mol. The summed E-state index contributed by atoms with van der Waals surface area (Å²) in [5.74, 6) is 0.199. The molecule has 1 atom stereocenters. The van der Waals surface area contributed by atoms with Crippen molar-refractivity contribution < 1.29 is 4.79 Å². The summed E-state index contributed by atoms with van der Waals surface area (Å²) in [6.07, 6.45) is 1.11. The zero-order valence-corrected chi connectivity index (χ0v) is 14.3. The smallest absolute Gasteiger partial charge is 0.254 e. The van der Waals surface area contributed by atoms with E-state index in [1.54, 1.807) is 0 Å². The molecule has 122 valence electrons. The van der Waals surface area contributed by atoms with Gasteiger partial charge in [-0.2, -0.15) is 0 Å². The Morgan fingerprint density at radius 3 is 2.59 bits per heavy atom. The topological polar surface area (TPSA) is 35.6 Å². The van der Waals surface area contributed by atoms with E-state index in [4.69, 9.17) is 0 Å². The molecule has 1 amide bonds. The van der Waals surface area contributed by atoms with Gasteiger partial charge in [-0.25, -0.2) is 0 Å². The van der Waals surface area contributed by atoms with Crippen molar-refractivity contribution in [3.8, 4) is 0 Å². The predicted octanol–water partition coefficient (Wildman–Crippen LogP) is 1.84. The maximum absolute atomic E-state index is 12.7. The molecule has 2 saturated heterocycles. The normalized spacial score (nSPS) is 22.5. The molecule has 2 aliphatic heterocycles. The summed E-state index contributed by atoms with van der Waals surface area (Å²) in [5.41, 5.74) is 3.16. The number of piperazine rings is 1. The number of rotatable bonds is 2. The van der Waals surface area contributed by atoms with Crippen LogP contribution < -0.4 is 5.32 Å². The molecular formula is C17H26ClN3O. The van der Waals surface area contributed by atoms with Crippen LogP contribution in [0.15, 0.2) is 18.2 Å². The van der Waals surface area contributed by atoms with Gasteiger partial charge in [0.15, 0.2) is 0 Å². The molecule has 22 heavy (non-hydrogen) atoms. The Bertz CT molecular complexity index is 529. The first kappa shape index (κ1) is 17.3. The first-order valence-corrected chi connectivity index (χ1v) is 7.96. The Hall–Kier alpha value is -1.10. The number of carbonyl (C=O) groups is 1. The van der Waals surface area contributed by atoms with Gasteiger partial charge in [0.2, 0.25) is 0 Å². The highest BCUT2D eigenvalue weighted by atomic mass is 35.5. The number of nitrogens with zero attached hydrogens (tertiary/aromatic N) is 2. The molecule has 0 spiro atoms. The van der Waals surface area contributed by atoms with E-state index >= 15 is 0 Å². The summed E-state index contributed by atoms with van der Waals surface area (Å²) in [7, 11) is 0. The zero-order valence-electron chi connectivity index (χ0n) is 13.5. The van der Waals surface area contributed by atoms with Crippen LogP contribution in [0, 0.1) is 13.8 Å². The second-order valence-corrected chi connectivity index (χ2v) is 6.30. The van der Waals surface area contributed by atoms with Crippen molar-refractivity contribution >= 4 is 18.3 Å². The standard InChI is InChI=1S/C17H25N3O.ClH/c1-13-3-4-16(14(2)11-13)17(21)20-8-5-15(12-20)19-9-6-18-7-10-19;/h3-4,11,15,18H,5-10,12H2,1-2H3;1H. The fourth-order valence-corrected chi connectivity index (χ4v) is 3.50. The van der Waals surface area contributed by atoms with Gasteiger partial charge >= 0.3 is 0 Å². The van der Waals surface area contributed by atoms with Crippen LogP contribution in [0.2, 0.25) is 0 Å². The van der Waals surface area contributed by atoms with Gasteiger partial charge in [-0.05, 0) is 31.9 Å². The first-order valence-electron chi connectivity index (χ1n) is 7.96. The van der Waals surface area contributed by atoms with Crippen LogP contribution in [0.1, 0.15) is 27.9 Å². The average Bonchev–Trinajstić information content (AvgIpc) is 2.97. The molecule has 2 fully saturated rings. The van der Waals surface area contributed by atoms with Crippen LogP contribution in [-0.2, 0) is 0 Å². The third-order valence-electron chi connectivity index (χ3n) is 4.73. The molecule has 1 unspecified atom stereocenters. The fourth-order valence-electron chi connectivity index (χ4n) is 3.50. The van der Waals surface area contributed by atoms with Crippen molar-refractivity contribution in [3.63, 3.8) is 0 Å². The van der Waals surface area contributed by atoms with Crippen LogP contribution in [0.3, 0.4) is 0 Å². The van der Waals surface area contributed by atoms with Crippen molar-refractivity contribution in [3.05, 3.63) is 34.9 Å². The number of amides is 1. The molecule has 3 rings (SSSR count). The Morgan fingerprint density at radius 1 is 1.18 bits per heavy atom. The average molecular weight is 324 g/mol. The first-order chi connectivity index (χ1) is 10.1. The quantitative estimate of drug-likeness (QED) is 0.902. The fraction of sp³-hybridized carbons (Fsp3) is 0.588. The van der Waals surface area contributed by atoms with Gasteiger partial charge in [-0.15, -0.1) is 12.4 Å². The maximum Gasteiger partial charge on any atom is 0.254 e. The van der Waals surface area contributed by atoms with E-state index in [2.05, 4.69) is 23.2 Å². The van der Waals surface area contributed by atoms with E-state index in [1.807, 2.05) is 24.0 Å². The summed E-state index contributed by atoms with van der Waals surface area (Å²) in [5, 5.41) is 3.39. The molecule has 0 saturated carbocycles. The highest BCUT2D eigenvalue weighted by molar-refractivity contribution is 5.95. The van der Waals surface area contributed by atoms with Crippen LogP contribution in [0.25, 0.3) is 0 Å². The number of hydrogen-bond acceptors (Lipinski definition) is 3. The van der Waals surface area contributed by atoms with Crippen LogP contribution >= 0.6 is 12.4 Å². The summed E-state index contributed by atoms with van der Waals surface area (Å²) >= 11 is 0. The number of likely N-dealkylation sites (tertiary alicyclic amines) is 1. The largest absolute Gasteiger partial charge is 0.337 e. The molecule has 4 nitrogen and oxygen atoms in total. The van der Waals surface area contributed by atoms with Crippen molar-refractivity contribution in [2.24, 2.45) is 0 Å². The highest BCUT2D eigenvalue weighted by Gasteiger charge is 2.31. The third-order valence-corrected chi connectivity index (χ3v) is 4.73. The van der Waals surface area contributed by atoms with Crippen molar-refractivity contribution in [1.29, 1.82) is 0 Å². The Balaban J connectivity index is 0.00000176. The molecular weight excluding hydrogens is 298 g/mol. The Kier molecular flexibility index (Phi) is 5.84. The minimum absolute atomic E-state index is 0. The van der Waals surface area contributed by atoms with Crippen LogP contribution in [-0.4, -0.2) is 61.0 Å². The minimum Gasteiger partial charge on any atom is -0.337 e. The summed E-state index contributed by atoms with van der Waals surface area (Å²) in [6, 6.07) is 6.65. The van der Waals surface area contributed by atoms with Gasteiger partial charge < -0.3 is 10.2 Å². The monoisotopic (exact) mass is 323 g/mol. The summed E-state index contributed by atoms with van der Waals surface area (Å²) in [6.45, 7) is 10.2. The lowest BCUT2D eigenvalue weighted by atomic mass is 10.0. The highest BCUT2D eigenvalue weighted by Crippen LogP contribution is 2.20. The van der Waals surface area contributed by atoms with E-state index in [-0.39, 0.29) is 18.3 Å². The molecule has 1 N–H and O–H groups in total. The molecule has 0 bridgehead atoms. The summed E-state index contributed by atoms with van der Waals surface area (Å²) < 4.78 is 0. The zero-order chi connectivity index (χ0) is 14.8. The van der Waals surface area contributed by atoms with E-state index in [9.17, 15) is 4.79 Å². The van der Waals surface area contributed by atoms with Crippen LogP contribution in [0.5, 0.6) is 0 Å². The molecule has 5 heteroatoms. The number of carbonyl (C=O) groups excluding carboxylic acids is 1. The maximum atomic E-state index is 12.7. The molecule has 2 heterocycles. The van der Waals surface area contributed by atoms with Crippen molar-refractivity contribution in [2.45, 2.75) is 26.3 Å². The van der Waals surface area contributed by atoms with Gasteiger partial charge in [0.1, 0.15) is 0 Å². The lowest BCUT2D eigenvalue weighted by molar-refractivity contribution is 0.0773.